The number of hydrogen-bond donors (Lipinski definition) is 2. The van der Waals surface area contributed by atoms with Gasteiger partial charge in [-0.05, 0) is 36.2 Å². The third kappa shape index (κ3) is 4.55. The molecule has 2 N–H and O–H groups in total. The zero-order valence-electron chi connectivity index (χ0n) is 15.1. The molecule has 8 nitrogen and oxygen atoms in total. The molecule has 0 spiro atoms. The molecule has 0 saturated carbocycles. The number of sulfonamides is 1. The van der Waals surface area contributed by atoms with Crippen LogP contribution >= 0.6 is 0 Å². The van der Waals surface area contributed by atoms with Gasteiger partial charge < -0.3 is 10.1 Å². The molecule has 0 saturated heterocycles. The van der Waals surface area contributed by atoms with Crippen molar-refractivity contribution in [2.45, 2.75) is 18.2 Å². The van der Waals surface area contributed by atoms with E-state index in [0.29, 0.717) is 11.3 Å². The summed E-state index contributed by atoms with van der Waals surface area (Å²) in [5, 5.41) is 2.65. The lowest BCUT2D eigenvalue weighted by Crippen LogP contribution is -2.25. The maximum atomic E-state index is 12.0. The molecule has 28 heavy (non-hydrogen) atoms. The number of carbonyl (C=O) groups excluding carboxylic acids is 2. The van der Waals surface area contributed by atoms with E-state index in [-0.39, 0.29) is 10.7 Å². The van der Waals surface area contributed by atoms with Crippen LogP contribution in [0.3, 0.4) is 0 Å². The van der Waals surface area contributed by atoms with Gasteiger partial charge in [-0.3, -0.25) is 19.3 Å². The van der Waals surface area contributed by atoms with Crippen molar-refractivity contribution in [2.24, 2.45) is 4.99 Å². The van der Waals surface area contributed by atoms with Gasteiger partial charge in [0, 0.05) is 11.3 Å². The topological polar surface area (TPSA) is 114 Å². The Bertz CT molecular complexity index is 1050. The Morgan fingerprint density at radius 3 is 2.71 bits per heavy atom. The largest absolute Gasteiger partial charge is 0.454 e. The van der Waals surface area contributed by atoms with Crippen molar-refractivity contribution in [2.75, 3.05) is 18.5 Å². The maximum absolute atomic E-state index is 12.0. The van der Waals surface area contributed by atoms with Crippen molar-refractivity contribution in [1.82, 2.24) is 4.72 Å². The number of anilines is 1. The van der Waals surface area contributed by atoms with E-state index in [0.717, 1.165) is 12.0 Å². The Balaban J connectivity index is 1.54. The number of amides is 1. The summed E-state index contributed by atoms with van der Waals surface area (Å²) in [4.78, 5) is 27.8. The predicted molar refractivity (Wildman–Crippen MR) is 104 cm³/mol. The number of nitrogens with one attached hydrogen (secondary N) is 2. The molecule has 0 atom stereocenters. The van der Waals surface area contributed by atoms with Gasteiger partial charge in [-0.15, -0.1) is 0 Å². The zero-order valence-corrected chi connectivity index (χ0v) is 16.0. The maximum Gasteiger partial charge on any atom is 0.328 e. The van der Waals surface area contributed by atoms with E-state index >= 15 is 0 Å². The normalized spacial score (nSPS) is 15.5. The summed E-state index contributed by atoms with van der Waals surface area (Å²) >= 11 is 0. The standard InChI is InChI=1S/C19H19N3O5S/c1-2-13-6-5-7-14(10-13)21-17(23)12-27-18(24)11-20-19-15-8-3-4-9-16(15)28(25,26)22-19/h3-10H,2,11-12H2,1H3,(H,20,22)(H,21,23). The van der Waals surface area contributed by atoms with Crippen LogP contribution in [0, 0.1) is 0 Å². The van der Waals surface area contributed by atoms with E-state index < -0.39 is 35.1 Å². The number of amidine groups is 1. The van der Waals surface area contributed by atoms with Crippen molar-refractivity contribution in [3.05, 3.63) is 59.7 Å². The second kappa shape index (κ2) is 8.22. The first-order valence-corrected chi connectivity index (χ1v) is 10.1. The minimum absolute atomic E-state index is 0.0772. The van der Waals surface area contributed by atoms with E-state index in [9.17, 15) is 18.0 Å². The van der Waals surface area contributed by atoms with Gasteiger partial charge in [0.15, 0.2) is 6.61 Å². The summed E-state index contributed by atoms with van der Waals surface area (Å²) in [5.41, 5.74) is 2.09. The molecule has 1 aliphatic heterocycles. The van der Waals surface area contributed by atoms with E-state index in [4.69, 9.17) is 4.74 Å². The minimum atomic E-state index is -3.67. The van der Waals surface area contributed by atoms with Gasteiger partial charge in [-0.2, -0.15) is 0 Å². The van der Waals surface area contributed by atoms with E-state index in [1.54, 1.807) is 24.3 Å². The Labute approximate surface area is 162 Å². The average molecular weight is 401 g/mol. The summed E-state index contributed by atoms with van der Waals surface area (Å²) in [6.07, 6.45) is 0.839. The van der Waals surface area contributed by atoms with E-state index in [1.807, 2.05) is 25.1 Å². The Morgan fingerprint density at radius 2 is 1.93 bits per heavy atom. The lowest BCUT2D eigenvalue weighted by atomic mass is 10.1. The molecule has 2 aromatic carbocycles. The molecule has 0 bridgehead atoms. The van der Waals surface area contributed by atoms with Crippen LogP contribution in [0.5, 0.6) is 0 Å². The third-order valence-corrected chi connectivity index (χ3v) is 5.41. The highest BCUT2D eigenvalue weighted by atomic mass is 32.2. The van der Waals surface area contributed by atoms with Crippen molar-refractivity contribution in [3.8, 4) is 0 Å². The second-order valence-electron chi connectivity index (χ2n) is 6.03. The molecule has 1 heterocycles. The Morgan fingerprint density at radius 1 is 1.14 bits per heavy atom. The molecule has 0 aromatic heterocycles. The number of rotatable bonds is 6. The highest BCUT2D eigenvalue weighted by Gasteiger charge is 2.30. The molecule has 0 unspecified atom stereocenters. The molecule has 9 heteroatoms. The fourth-order valence-electron chi connectivity index (χ4n) is 2.65. The SMILES string of the molecule is CCc1cccc(NC(=O)COC(=O)CN=C2NS(=O)(=O)c3ccccc32)c1. The van der Waals surface area contributed by atoms with Gasteiger partial charge in [0.1, 0.15) is 12.4 Å². The number of fused-ring (bicyclic) bond motifs is 1. The van der Waals surface area contributed by atoms with Crippen molar-refractivity contribution >= 4 is 33.4 Å². The van der Waals surface area contributed by atoms with Crippen LogP contribution in [0.1, 0.15) is 18.1 Å². The highest BCUT2D eigenvalue weighted by molar-refractivity contribution is 7.90. The summed E-state index contributed by atoms with van der Waals surface area (Å²) in [6, 6.07) is 13.7. The number of ether oxygens (including phenoxy) is 1. The number of hydrogen-bond acceptors (Lipinski definition) is 6. The van der Waals surface area contributed by atoms with Crippen LogP contribution in [0.2, 0.25) is 0 Å². The lowest BCUT2D eigenvalue weighted by molar-refractivity contribution is -0.145. The number of nitrogens with zero attached hydrogens (tertiary/aromatic N) is 1. The molecular formula is C19H19N3O5S. The average Bonchev–Trinajstić information content (AvgIpc) is 2.95. The molecule has 1 aliphatic rings. The molecule has 1 amide bonds. The van der Waals surface area contributed by atoms with Crippen LogP contribution in [0.4, 0.5) is 5.69 Å². The van der Waals surface area contributed by atoms with Gasteiger partial charge in [0.2, 0.25) is 0 Å². The fraction of sp³-hybridized carbons (Fsp3) is 0.211. The molecule has 0 fully saturated rings. The van der Waals surface area contributed by atoms with Crippen LogP contribution in [0.15, 0.2) is 58.4 Å². The molecule has 3 rings (SSSR count). The number of esters is 1. The zero-order chi connectivity index (χ0) is 20.1. The second-order valence-corrected chi connectivity index (χ2v) is 7.68. The predicted octanol–water partition coefficient (Wildman–Crippen LogP) is 1.47. The first-order valence-electron chi connectivity index (χ1n) is 8.60. The first kappa shape index (κ1) is 19.6. The molecular weight excluding hydrogens is 382 g/mol. The summed E-state index contributed by atoms with van der Waals surface area (Å²) < 4.78 is 31.2. The molecule has 0 radical (unpaired) electrons. The van der Waals surface area contributed by atoms with Gasteiger partial charge in [0.05, 0.1) is 4.90 Å². The number of aliphatic imine (C=N–C) groups is 1. The van der Waals surface area contributed by atoms with E-state index in [2.05, 4.69) is 15.0 Å². The monoisotopic (exact) mass is 401 g/mol. The van der Waals surface area contributed by atoms with E-state index in [1.165, 1.54) is 6.07 Å². The third-order valence-electron chi connectivity index (χ3n) is 4.01. The van der Waals surface area contributed by atoms with Crippen molar-refractivity contribution < 1.29 is 22.7 Å². The summed E-state index contributed by atoms with van der Waals surface area (Å²) in [7, 11) is -3.67. The first-order chi connectivity index (χ1) is 13.4. The van der Waals surface area contributed by atoms with Crippen LogP contribution < -0.4 is 10.0 Å². The van der Waals surface area contributed by atoms with Crippen molar-refractivity contribution in [1.29, 1.82) is 0 Å². The Kier molecular flexibility index (Phi) is 5.74. The molecule has 2 aromatic rings. The van der Waals surface area contributed by atoms with Crippen LogP contribution in [-0.2, 0) is 30.8 Å². The van der Waals surface area contributed by atoms with Crippen LogP contribution in [0.25, 0.3) is 0 Å². The Hall–Kier alpha value is -3.20. The van der Waals surface area contributed by atoms with Gasteiger partial charge >= 0.3 is 5.97 Å². The number of carbonyl (C=O) groups is 2. The molecule has 0 aliphatic carbocycles. The minimum Gasteiger partial charge on any atom is -0.454 e. The number of aryl methyl sites for hydroxylation is 1. The summed E-state index contributed by atoms with van der Waals surface area (Å²) in [5.74, 6) is -1.14. The van der Waals surface area contributed by atoms with Gasteiger partial charge in [-0.25, -0.2) is 8.42 Å². The molecule has 146 valence electrons. The quantitative estimate of drug-likeness (QED) is 0.712. The van der Waals surface area contributed by atoms with Gasteiger partial charge in [0.25, 0.3) is 15.9 Å². The summed E-state index contributed by atoms with van der Waals surface area (Å²) in [6.45, 7) is 1.14. The highest BCUT2D eigenvalue weighted by Crippen LogP contribution is 2.22. The lowest BCUT2D eigenvalue weighted by Gasteiger charge is -2.07. The van der Waals surface area contributed by atoms with Gasteiger partial charge in [-0.1, -0.05) is 31.2 Å². The van der Waals surface area contributed by atoms with Crippen LogP contribution in [-0.4, -0.2) is 39.3 Å². The fourth-order valence-corrected chi connectivity index (χ4v) is 3.90. The number of benzene rings is 2. The smallest absolute Gasteiger partial charge is 0.328 e. The van der Waals surface area contributed by atoms with Crippen molar-refractivity contribution in [3.63, 3.8) is 0 Å².